The fourth-order valence-corrected chi connectivity index (χ4v) is 1.52. The minimum atomic E-state index is -0.384. The number of para-hydroxylation sites is 1. The number of methoxy groups -OCH3 is 1. The summed E-state index contributed by atoms with van der Waals surface area (Å²) >= 11 is 0. The maximum absolute atomic E-state index is 11.5. The number of ether oxygens (including phenoxy) is 2. The summed E-state index contributed by atoms with van der Waals surface area (Å²) in [7, 11) is 1.53. The van der Waals surface area contributed by atoms with Crippen molar-refractivity contribution in [3.63, 3.8) is 0 Å². The van der Waals surface area contributed by atoms with E-state index in [0.717, 1.165) is 5.39 Å². The summed E-state index contributed by atoms with van der Waals surface area (Å²) in [6.45, 7) is 1.78. The molecule has 0 spiro atoms. The van der Waals surface area contributed by atoms with Crippen LogP contribution in [0.15, 0.2) is 33.5 Å². The molecule has 1 aromatic heterocycles. The van der Waals surface area contributed by atoms with Crippen LogP contribution in [0.25, 0.3) is 11.0 Å². The third-order valence-corrected chi connectivity index (χ3v) is 2.30. The van der Waals surface area contributed by atoms with Crippen molar-refractivity contribution >= 4 is 11.0 Å². The molecule has 0 radical (unpaired) electrons. The van der Waals surface area contributed by atoms with Crippen molar-refractivity contribution in [3.8, 4) is 5.75 Å². The van der Waals surface area contributed by atoms with Gasteiger partial charge in [0.2, 0.25) is 0 Å². The van der Waals surface area contributed by atoms with Crippen LogP contribution in [-0.2, 0) is 4.74 Å². The summed E-state index contributed by atoms with van der Waals surface area (Å²) in [5.41, 5.74) is 0.588. The maximum atomic E-state index is 11.5. The van der Waals surface area contributed by atoms with Gasteiger partial charge in [0.25, 0.3) is 0 Å². The zero-order chi connectivity index (χ0) is 11.5. The lowest BCUT2D eigenvalue weighted by atomic mass is 10.2. The molecule has 0 aliphatic rings. The highest BCUT2D eigenvalue weighted by atomic mass is 16.7. The van der Waals surface area contributed by atoms with Crippen LogP contribution < -0.4 is 10.4 Å². The topological polar surface area (TPSA) is 48.7 Å². The Morgan fingerprint density at radius 3 is 2.81 bits per heavy atom. The molecule has 1 heterocycles. The molecule has 1 aromatic carbocycles. The fraction of sp³-hybridized carbons (Fsp3) is 0.250. The average Bonchev–Trinajstić information content (AvgIpc) is 2.30. The summed E-state index contributed by atoms with van der Waals surface area (Å²) in [5.74, 6) is 0.522. The molecule has 0 aliphatic carbocycles. The predicted octanol–water partition coefficient (Wildman–Crippen LogP) is 2.08. The lowest BCUT2D eigenvalue weighted by molar-refractivity contribution is 0.0514. The molecule has 16 heavy (non-hydrogen) atoms. The number of hydrogen-bond donors (Lipinski definition) is 0. The Morgan fingerprint density at radius 2 is 2.06 bits per heavy atom. The molecule has 2 rings (SSSR count). The van der Waals surface area contributed by atoms with Crippen LogP contribution in [-0.4, -0.2) is 13.9 Å². The Bertz CT molecular complexity index is 556. The smallest absolute Gasteiger partial charge is 0.342 e. The normalized spacial score (nSPS) is 10.6. The second kappa shape index (κ2) is 4.37. The quantitative estimate of drug-likeness (QED) is 0.587. The van der Waals surface area contributed by atoms with E-state index in [2.05, 4.69) is 0 Å². The molecule has 0 N–H and O–H groups in total. The van der Waals surface area contributed by atoms with Gasteiger partial charge in [0, 0.05) is 7.11 Å². The first kappa shape index (κ1) is 10.7. The van der Waals surface area contributed by atoms with Crippen molar-refractivity contribution < 1.29 is 13.9 Å². The van der Waals surface area contributed by atoms with Crippen LogP contribution in [0.1, 0.15) is 5.56 Å². The van der Waals surface area contributed by atoms with E-state index in [-0.39, 0.29) is 12.4 Å². The number of hydrogen-bond acceptors (Lipinski definition) is 4. The molecule has 84 valence electrons. The van der Waals surface area contributed by atoms with E-state index in [1.165, 1.54) is 7.11 Å². The summed E-state index contributed by atoms with van der Waals surface area (Å²) in [4.78, 5) is 11.5. The first-order valence-electron chi connectivity index (χ1n) is 4.88. The monoisotopic (exact) mass is 220 g/mol. The molecule has 0 bridgehead atoms. The third kappa shape index (κ3) is 1.79. The minimum absolute atomic E-state index is 0.105. The number of fused-ring (bicyclic) bond motifs is 1. The van der Waals surface area contributed by atoms with Crippen LogP contribution in [0.4, 0.5) is 0 Å². The van der Waals surface area contributed by atoms with Gasteiger partial charge in [-0.2, -0.15) is 0 Å². The van der Waals surface area contributed by atoms with Gasteiger partial charge in [0.1, 0.15) is 11.3 Å². The van der Waals surface area contributed by atoms with Crippen molar-refractivity contribution in [2.24, 2.45) is 0 Å². The van der Waals surface area contributed by atoms with Gasteiger partial charge in [-0.3, -0.25) is 0 Å². The molecule has 0 saturated carbocycles. The van der Waals surface area contributed by atoms with Crippen LogP contribution in [0.5, 0.6) is 5.75 Å². The molecule has 4 nitrogen and oxygen atoms in total. The van der Waals surface area contributed by atoms with E-state index >= 15 is 0 Å². The number of rotatable bonds is 3. The van der Waals surface area contributed by atoms with Gasteiger partial charge < -0.3 is 13.9 Å². The molecular weight excluding hydrogens is 208 g/mol. The largest absolute Gasteiger partial charge is 0.466 e. The second-order valence-corrected chi connectivity index (χ2v) is 3.39. The van der Waals surface area contributed by atoms with E-state index < -0.39 is 0 Å². The van der Waals surface area contributed by atoms with Gasteiger partial charge in [-0.15, -0.1) is 0 Å². The lowest BCUT2D eigenvalue weighted by Crippen LogP contribution is -2.09. The molecule has 0 saturated heterocycles. The number of benzene rings is 1. The lowest BCUT2D eigenvalue weighted by Gasteiger charge is -2.09. The average molecular weight is 220 g/mol. The van der Waals surface area contributed by atoms with Gasteiger partial charge in [0.05, 0.1) is 10.9 Å². The van der Waals surface area contributed by atoms with Crippen molar-refractivity contribution in [2.45, 2.75) is 6.92 Å². The Morgan fingerprint density at radius 1 is 1.31 bits per heavy atom. The van der Waals surface area contributed by atoms with Crippen LogP contribution in [0.2, 0.25) is 0 Å². The highest BCUT2D eigenvalue weighted by Crippen LogP contribution is 2.26. The van der Waals surface area contributed by atoms with E-state index in [1.54, 1.807) is 19.1 Å². The van der Waals surface area contributed by atoms with Crippen LogP contribution in [0.3, 0.4) is 0 Å². The Balaban J connectivity index is 2.66. The molecule has 0 unspecified atom stereocenters. The molecule has 2 aromatic rings. The fourth-order valence-electron chi connectivity index (χ4n) is 1.52. The summed E-state index contributed by atoms with van der Waals surface area (Å²) < 4.78 is 15.4. The minimum Gasteiger partial charge on any atom is -0.466 e. The molecule has 4 heteroatoms. The standard InChI is InChI=1S/C12H12O4/c1-8-11(15-7-14-2)9-5-3-4-6-10(9)16-12(8)13/h3-6H,7H2,1-2H3. The van der Waals surface area contributed by atoms with Crippen molar-refractivity contribution in [1.82, 2.24) is 0 Å². The molecule has 0 amide bonds. The van der Waals surface area contributed by atoms with Crippen LogP contribution >= 0.6 is 0 Å². The summed E-state index contributed by atoms with van der Waals surface area (Å²) in [6, 6.07) is 7.24. The van der Waals surface area contributed by atoms with E-state index in [4.69, 9.17) is 13.9 Å². The Labute approximate surface area is 92.4 Å². The zero-order valence-electron chi connectivity index (χ0n) is 9.15. The van der Waals surface area contributed by atoms with Gasteiger partial charge in [-0.25, -0.2) is 4.79 Å². The third-order valence-electron chi connectivity index (χ3n) is 2.30. The predicted molar refractivity (Wildman–Crippen MR) is 59.7 cm³/mol. The van der Waals surface area contributed by atoms with Crippen LogP contribution in [0, 0.1) is 6.92 Å². The van der Waals surface area contributed by atoms with E-state index in [0.29, 0.717) is 16.9 Å². The highest BCUT2D eigenvalue weighted by Gasteiger charge is 2.11. The SMILES string of the molecule is COCOc1c(C)c(=O)oc2ccccc12. The molecule has 0 aliphatic heterocycles. The Hall–Kier alpha value is -1.81. The Kier molecular flexibility index (Phi) is 2.92. The molecular formula is C12H12O4. The highest BCUT2D eigenvalue weighted by molar-refractivity contribution is 5.84. The first-order chi connectivity index (χ1) is 7.74. The van der Waals surface area contributed by atoms with Gasteiger partial charge in [-0.1, -0.05) is 12.1 Å². The van der Waals surface area contributed by atoms with E-state index in [1.807, 2.05) is 12.1 Å². The van der Waals surface area contributed by atoms with Gasteiger partial charge in [-0.05, 0) is 19.1 Å². The van der Waals surface area contributed by atoms with Gasteiger partial charge in [0.15, 0.2) is 6.79 Å². The van der Waals surface area contributed by atoms with E-state index in [9.17, 15) is 4.79 Å². The summed E-state index contributed by atoms with van der Waals surface area (Å²) in [6.07, 6.45) is 0. The summed E-state index contributed by atoms with van der Waals surface area (Å²) in [5, 5.41) is 0.775. The van der Waals surface area contributed by atoms with Crippen molar-refractivity contribution in [2.75, 3.05) is 13.9 Å². The zero-order valence-corrected chi connectivity index (χ0v) is 9.15. The molecule has 0 fully saturated rings. The first-order valence-corrected chi connectivity index (χ1v) is 4.88. The van der Waals surface area contributed by atoms with Crippen molar-refractivity contribution in [3.05, 3.63) is 40.2 Å². The maximum Gasteiger partial charge on any atom is 0.342 e. The van der Waals surface area contributed by atoms with Gasteiger partial charge >= 0.3 is 5.63 Å². The van der Waals surface area contributed by atoms with Crippen molar-refractivity contribution in [1.29, 1.82) is 0 Å². The molecule has 0 atom stereocenters. The second-order valence-electron chi connectivity index (χ2n) is 3.39.